The maximum atomic E-state index is 10.1. The second kappa shape index (κ2) is 8.37. The molecule has 4 N–H and O–H groups in total. The van der Waals surface area contributed by atoms with Crippen LogP contribution < -0.4 is 0 Å². The molecule has 0 aliphatic carbocycles. The minimum Gasteiger partial charge on any atom is -0.508 e. The van der Waals surface area contributed by atoms with Crippen LogP contribution in [0.15, 0.2) is 72.8 Å². The molecule has 4 rings (SSSR count). The monoisotopic (exact) mass is 400 g/mol. The molecule has 0 aliphatic heterocycles. The van der Waals surface area contributed by atoms with E-state index >= 15 is 0 Å². The molecule has 0 radical (unpaired) electrons. The molecule has 0 atom stereocenters. The first-order valence-corrected chi connectivity index (χ1v) is 10.0. The maximum Gasteiger partial charge on any atom is 0.200 e. The third-order valence-electron chi connectivity index (χ3n) is 5.39. The first-order chi connectivity index (χ1) is 14.5. The number of hydrogen-bond donors (Lipinski definition) is 4. The van der Waals surface area contributed by atoms with Crippen molar-refractivity contribution in [1.82, 2.24) is 0 Å². The fourth-order valence-corrected chi connectivity index (χ4v) is 3.81. The molecule has 0 saturated heterocycles. The van der Waals surface area contributed by atoms with Crippen molar-refractivity contribution in [2.45, 2.75) is 25.7 Å². The summed E-state index contributed by atoms with van der Waals surface area (Å²) >= 11 is 0. The van der Waals surface area contributed by atoms with Crippen molar-refractivity contribution in [2.75, 3.05) is 0 Å². The van der Waals surface area contributed by atoms with Crippen LogP contribution in [0, 0.1) is 0 Å². The molecule has 0 fully saturated rings. The number of hydrogen-bond acceptors (Lipinski definition) is 4. The minimum absolute atomic E-state index is 0.234. The highest BCUT2D eigenvalue weighted by atomic mass is 16.3. The lowest BCUT2D eigenvalue weighted by atomic mass is 9.97. The Bertz CT molecular complexity index is 1170. The molecule has 4 heteroatoms. The Hall–Kier alpha value is -3.66. The van der Waals surface area contributed by atoms with E-state index < -0.39 is 5.75 Å². The molecule has 30 heavy (non-hydrogen) atoms. The van der Waals surface area contributed by atoms with Gasteiger partial charge in [-0.25, -0.2) is 0 Å². The zero-order valence-electron chi connectivity index (χ0n) is 16.5. The van der Waals surface area contributed by atoms with Crippen molar-refractivity contribution in [1.29, 1.82) is 0 Å². The van der Waals surface area contributed by atoms with E-state index in [0.717, 1.165) is 24.0 Å². The lowest BCUT2D eigenvalue weighted by molar-refractivity contribution is 0.367. The topological polar surface area (TPSA) is 80.9 Å². The van der Waals surface area contributed by atoms with Gasteiger partial charge in [-0.05, 0) is 83.0 Å². The van der Waals surface area contributed by atoms with Crippen molar-refractivity contribution < 1.29 is 20.4 Å². The highest BCUT2D eigenvalue weighted by Crippen LogP contribution is 2.35. The highest BCUT2D eigenvalue weighted by molar-refractivity contribution is 5.83. The fourth-order valence-electron chi connectivity index (χ4n) is 3.81. The van der Waals surface area contributed by atoms with E-state index in [2.05, 4.69) is 36.4 Å². The molecule has 152 valence electrons. The molecule has 4 nitrogen and oxygen atoms in total. The van der Waals surface area contributed by atoms with Crippen LogP contribution in [0.4, 0.5) is 0 Å². The van der Waals surface area contributed by atoms with Gasteiger partial charge in [0.05, 0.1) is 0 Å². The fraction of sp³-hybridized carbons (Fsp3) is 0.154. The maximum absolute atomic E-state index is 10.1. The normalized spacial score (nSPS) is 11.1. The summed E-state index contributed by atoms with van der Waals surface area (Å²) < 4.78 is 0. The van der Waals surface area contributed by atoms with Gasteiger partial charge in [0, 0.05) is 0 Å². The molecule has 0 unspecified atom stereocenters. The Kier molecular flexibility index (Phi) is 5.48. The summed E-state index contributed by atoms with van der Waals surface area (Å²) in [5, 5.41) is 41.4. The average Bonchev–Trinajstić information content (AvgIpc) is 2.74. The largest absolute Gasteiger partial charge is 0.508 e. The smallest absolute Gasteiger partial charge is 0.200 e. The molecule has 0 heterocycles. The lowest BCUT2D eigenvalue weighted by Gasteiger charge is -2.09. The highest BCUT2D eigenvalue weighted by Gasteiger charge is 2.09. The van der Waals surface area contributed by atoms with Crippen LogP contribution in [0.1, 0.15) is 22.3 Å². The van der Waals surface area contributed by atoms with E-state index in [0.29, 0.717) is 18.4 Å². The van der Waals surface area contributed by atoms with Crippen LogP contribution in [0.5, 0.6) is 23.0 Å². The van der Waals surface area contributed by atoms with Crippen molar-refractivity contribution >= 4 is 10.8 Å². The van der Waals surface area contributed by atoms with E-state index in [1.165, 1.54) is 28.5 Å². The second-order valence-corrected chi connectivity index (χ2v) is 7.67. The molecule has 0 aliphatic rings. The molecular weight excluding hydrogens is 376 g/mol. The summed E-state index contributed by atoms with van der Waals surface area (Å²) in [6, 6.07) is 23.3. The predicted octanol–water partition coefficient (Wildman–Crippen LogP) is 5.23. The van der Waals surface area contributed by atoms with Crippen LogP contribution in [-0.4, -0.2) is 20.4 Å². The van der Waals surface area contributed by atoms with Gasteiger partial charge in [-0.3, -0.25) is 0 Å². The summed E-state index contributed by atoms with van der Waals surface area (Å²) in [7, 11) is 0. The molecule has 0 aromatic heterocycles. The van der Waals surface area contributed by atoms with Gasteiger partial charge < -0.3 is 20.4 Å². The lowest BCUT2D eigenvalue weighted by Crippen LogP contribution is -1.96. The number of rotatable bonds is 6. The summed E-state index contributed by atoms with van der Waals surface area (Å²) in [5.74, 6) is -0.946. The number of aromatic hydroxyl groups is 4. The SMILES string of the molecule is Oc1cc(CCc2cc(O)c(O)c(O)c2)cc(CCc2ccc3ccccc3c2)c1. The second-order valence-electron chi connectivity index (χ2n) is 7.67. The molecule has 4 aromatic rings. The number of benzene rings is 4. The molecule has 0 saturated carbocycles. The Labute approximate surface area is 175 Å². The van der Waals surface area contributed by atoms with Crippen LogP contribution in [-0.2, 0) is 25.7 Å². The molecule has 4 aromatic carbocycles. The minimum atomic E-state index is -0.507. The quantitative estimate of drug-likeness (QED) is 0.334. The standard InChI is InChI=1S/C26H24O4/c27-23-13-18(6-5-17-9-10-21-3-1-2-4-22(21)12-17)11-19(14-23)7-8-20-15-24(28)26(30)25(29)16-20/h1-4,9-16,27-30H,5-8H2. The van der Waals surface area contributed by atoms with Crippen LogP contribution in [0.25, 0.3) is 10.8 Å². The zero-order valence-corrected chi connectivity index (χ0v) is 16.5. The van der Waals surface area contributed by atoms with E-state index in [9.17, 15) is 20.4 Å². The molecule has 0 amide bonds. The summed E-state index contributed by atoms with van der Waals surface area (Å²) in [4.78, 5) is 0. The van der Waals surface area contributed by atoms with Crippen molar-refractivity contribution in [3.8, 4) is 23.0 Å². The third-order valence-corrected chi connectivity index (χ3v) is 5.39. The van der Waals surface area contributed by atoms with E-state index in [4.69, 9.17) is 0 Å². The number of aryl methyl sites for hydroxylation is 4. The molecular formula is C26H24O4. The first kappa shape index (κ1) is 19.6. The van der Waals surface area contributed by atoms with Gasteiger partial charge in [-0.2, -0.15) is 0 Å². The van der Waals surface area contributed by atoms with Crippen LogP contribution >= 0.6 is 0 Å². The van der Waals surface area contributed by atoms with Gasteiger partial charge in [0.1, 0.15) is 5.75 Å². The van der Waals surface area contributed by atoms with E-state index in [-0.39, 0.29) is 17.2 Å². The van der Waals surface area contributed by atoms with Gasteiger partial charge >= 0.3 is 0 Å². The Morgan fingerprint density at radius 1 is 0.467 bits per heavy atom. The molecule has 0 bridgehead atoms. The molecule has 0 spiro atoms. The van der Waals surface area contributed by atoms with Crippen LogP contribution in [0.2, 0.25) is 0 Å². The number of phenols is 4. The van der Waals surface area contributed by atoms with Crippen molar-refractivity contribution in [3.63, 3.8) is 0 Å². The summed E-state index contributed by atoms with van der Waals surface area (Å²) in [6.07, 6.45) is 2.91. The first-order valence-electron chi connectivity index (χ1n) is 10.0. The van der Waals surface area contributed by atoms with Gasteiger partial charge in [-0.1, -0.05) is 48.5 Å². The average molecular weight is 400 g/mol. The summed E-state index contributed by atoms with van der Waals surface area (Å²) in [5.41, 5.74) is 4.02. The van der Waals surface area contributed by atoms with Crippen LogP contribution in [0.3, 0.4) is 0 Å². The Morgan fingerprint density at radius 3 is 1.63 bits per heavy atom. The number of phenolic OH excluding ortho intramolecular Hbond substituents is 4. The van der Waals surface area contributed by atoms with E-state index in [1.807, 2.05) is 12.1 Å². The van der Waals surface area contributed by atoms with Gasteiger partial charge in [-0.15, -0.1) is 0 Å². The van der Waals surface area contributed by atoms with Crippen molar-refractivity contribution in [3.05, 3.63) is 95.1 Å². The van der Waals surface area contributed by atoms with Gasteiger partial charge in [0.15, 0.2) is 17.2 Å². The van der Waals surface area contributed by atoms with E-state index in [1.54, 1.807) is 12.1 Å². The Balaban J connectivity index is 1.44. The van der Waals surface area contributed by atoms with Crippen molar-refractivity contribution in [2.24, 2.45) is 0 Å². The Morgan fingerprint density at radius 2 is 1.00 bits per heavy atom. The third kappa shape index (κ3) is 4.49. The van der Waals surface area contributed by atoms with Gasteiger partial charge in [0.2, 0.25) is 0 Å². The predicted molar refractivity (Wildman–Crippen MR) is 118 cm³/mol. The van der Waals surface area contributed by atoms with Gasteiger partial charge in [0.25, 0.3) is 0 Å². The number of fused-ring (bicyclic) bond motifs is 1. The summed E-state index contributed by atoms with van der Waals surface area (Å²) in [6.45, 7) is 0. The zero-order chi connectivity index (χ0) is 21.1.